The summed E-state index contributed by atoms with van der Waals surface area (Å²) in [7, 11) is 0. The average Bonchev–Trinajstić information content (AvgIpc) is 3.01. The van der Waals surface area contributed by atoms with Crippen LogP contribution in [0, 0.1) is 0 Å². The highest BCUT2D eigenvalue weighted by atomic mass is 16.2. The molecule has 1 aromatic heterocycles. The largest absolute Gasteiger partial charge is 0.355 e. The van der Waals surface area contributed by atoms with E-state index in [4.69, 9.17) is 0 Å². The van der Waals surface area contributed by atoms with E-state index in [1.165, 1.54) is 10.9 Å². The van der Waals surface area contributed by atoms with Crippen LogP contribution in [-0.2, 0) is 11.2 Å². The van der Waals surface area contributed by atoms with Crippen LogP contribution in [0.15, 0.2) is 48.5 Å². The molecule has 2 aromatic carbocycles. The molecule has 24 heavy (non-hydrogen) atoms. The first-order valence-electron chi connectivity index (χ1n) is 8.02. The maximum atomic E-state index is 12.9. The number of amides is 2. The molecule has 5 nitrogen and oxygen atoms in total. The molecule has 0 spiro atoms. The van der Waals surface area contributed by atoms with Crippen LogP contribution in [-0.4, -0.2) is 28.7 Å². The van der Waals surface area contributed by atoms with Crippen molar-refractivity contribution in [3.05, 3.63) is 65.4 Å². The highest BCUT2D eigenvalue weighted by Gasteiger charge is 2.42. The zero-order valence-corrected chi connectivity index (χ0v) is 12.9. The van der Waals surface area contributed by atoms with Gasteiger partial charge in [-0.15, -0.1) is 0 Å². The fourth-order valence-corrected chi connectivity index (χ4v) is 4.00. The third kappa shape index (κ3) is 1.58. The van der Waals surface area contributed by atoms with Crippen LogP contribution in [0.2, 0.25) is 0 Å². The van der Waals surface area contributed by atoms with E-state index in [2.05, 4.69) is 11.1 Å². The monoisotopic (exact) mass is 317 g/mol. The van der Waals surface area contributed by atoms with Gasteiger partial charge in [-0.1, -0.05) is 30.3 Å². The number of carbonyl (C=O) groups excluding carboxylic acids is 2. The Kier molecular flexibility index (Phi) is 2.62. The SMILES string of the molecule is O=CN1c2ccccc2C(=O)N2CCc3c([nH]c4ccccc34)[C@H]21. The van der Waals surface area contributed by atoms with Gasteiger partial charge in [-0.2, -0.15) is 0 Å². The molecular weight excluding hydrogens is 302 g/mol. The molecule has 3 aromatic rings. The van der Waals surface area contributed by atoms with Crippen LogP contribution in [0.5, 0.6) is 0 Å². The molecule has 0 unspecified atom stereocenters. The predicted octanol–water partition coefficient (Wildman–Crippen LogP) is 2.84. The van der Waals surface area contributed by atoms with Crippen LogP contribution in [0.25, 0.3) is 10.9 Å². The maximum Gasteiger partial charge on any atom is 0.257 e. The van der Waals surface area contributed by atoms with Gasteiger partial charge in [0.1, 0.15) is 0 Å². The first-order chi connectivity index (χ1) is 11.8. The van der Waals surface area contributed by atoms with Crippen LogP contribution in [0.1, 0.15) is 27.8 Å². The summed E-state index contributed by atoms with van der Waals surface area (Å²) in [5, 5.41) is 1.17. The second kappa shape index (κ2) is 4.71. The summed E-state index contributed by atoms with van der Waals surface area (Å²) in [4.78, 5) is 31.7. The van der Waals surface area contributed by atoms with Gasteiger partial charge >= 0.3 is 0 Å². The quantitative estimate of drug-likeness (QED) is 0.702. The number of nitrogens with one attached hydrogen (secondary N) is 1. The van der Waals surface area contributed by atoms with Gasteiger partial charge in [-0.25, -0.2) is 0 Å². The van der Waals surface area contributed by atoms with E-state index in [9.17, 15) is 9.59 Å². The third-order valence-corrected chi connectivity index (χ3v) is 5.05. The Labute approximate surface area is 138 Å². The van der Waals surface area contributed by atoms with Crippen LogP contribution >= 0.6 is 0 Å². The van der Waals surface area contributed by atoms with Crippen molar-refractivity contribution in [3.63, 3.8) is 0 Å². The highest BCUT2D eigenvalue weighted by Crippen LogP contribution is 2.42. The molecule has 2 amide bonds. The molecule has 0 aliphatic carbocycles. The van der Waals surface area contributed by atoms with Crippen molar-refractivity contribution < 1.29 is 9.59 Å². The third-order valence-electron chi connectivity index (χ3n) is 5.05. The van der Waals surface area contributed by atoms with Crippen LogP contribution in [0.4, 0.5) is 5.69 Å². The summed E-state index contributed by atoms with van der Waals surface area (Å²) >= 11 is 0. The van der Waals surface area contributed by atoms with E-state index in [0.717, 1.165) is 24.0 Å². The number of H-pyrrole nitrogens is 1. The van der Waals surface area contributed by atoms with Gasteiger partial charge in [0, 0.05) is 17.4 Å². The van der Waals surface area contributed by atoms with Crippen molar-refractivity contribution in [2.75, 3.05) is 11.4 Å². The Morgan fingerprint density at radius 2 is 1.88 bits per heavy atom. The topological polar surface area (TPSA) is 56.4 Å². The fraction of sp³-hybridized carbons (Fsp3) is 0.158. The van der Waals surface area contributed by atoms with E-state index >= 15 is 0 Å². The minimum Gasteiger partial charge on any atom is -0.355 e. The van der Waals surface area contributed by atoms with Crippen molar-refractivity contribution in [2.24, 2.45) is 0 Å². The van der Waals surface area contributed by atoms with E-state index in [1.807, 2.05) is 36.4 Å². The van der Waals surface area contributed by atoms with Gasteiger partial charge in [0.05, 0.1) is 16.9 Å². The Morgan fingerprint density at radius 3 is 2.75 bits per heavy atom. The van der Waals surface area contributed by atoms with Crippen molar-refractivity contribution in [1.29, 1.82) is 0 Å². The lowest BCUT2D eigenvalue weighted by molar-refractivity contribution is -0.108. The number of nitrogens with zero attached hydrogens (tertiary/aromatic N) is 2. The zero-order valence-electron chi connectivity index (χ0n) is 12.9. The Balaban J connectivity index is 1.77. The normalized spacial score (nSPS) is 19.0. The molecule has 2 aliphatic heterocycles. The van der Waals surface area contributed by atoms with Crippen molar-refractivity contribution in [1.82, 2.24) is 9.88 Å². The van der Waals surface area contributed by atoms with Gasteiger partial charge < -0.3 is 9.88 Å². The van der Waals surface area contributed by atoms with E-state index in [0.29, 0.717) is 17.8 Å². The van der Waals surface area contributed by atoms with Gasteiger partial charge in [0.15, 0.2) is 6.17 Å². The average molecular weight is 317 g/mol. The summed E-state index contributed by atoms with van der Waals surface area (Å²) in [6.07, 6.45) is 1.21. The molecule has 0 fully saturated rings. The molecule has 118 valence electrons. The molecule has 1 N–H and O–H groups in total. The summed E-state index contributed by atoms with van der Waals surface area (Å²) in [5.41, 5.74) is 4.44. The van der Waals surface area contributed by atoms with Gasteiger partial charge in [0.2, 0.25) is 6.41 Å². The Bertz CT molecular complexity index is 991. The van der Waals surface area contributed by atoms with Gasteiger partial charge in [-0.3, -0.25) is 14.5 Å². The highest BCUT2D eigenvalue weighted by molar-refractivity contribution is 6.05. The van der Waals surface area contributed by atoms with E-state index in [-0.39, 0.29) is 5.91 Å². The molecule has 0 saturated heterocycles. The number of fused-ring (bicyclic) bond motifs is 6. The zero-order chi connectivity index (χ0) is 16.3. The van der Waals surface area contributed by atoms with Crippen molar-refractivity contribution in [3.8, 4) is 0 Å². The second-order valence-electron chi connectivity index (χ2n) is 6.21. The lowest BCUT2D eigenvalue weighted by Gasteiger charge is -2.44. The van der Waals surface area contributed by atoms with Gasteiger partial charge in [-0.05, 0) is 30.2 Å². The standard InChI is InChI=1S/C19H15N3O2/c23-11-22-16-8-4-2-6-14(16)19(24)21-10-9-13-12-5-1-3-7-15(12)20-17(13)18(21)22/h1-8,11,18,20H,9-10H2/t18-/m1/s1. The first-order valence-corrected chi connectivity index (χ1v) is 8.02. The lowest BCUT2D eigenvalue weighted by atomic mass is 9.96. The molecule has 1 atom stereocenters. The van der Waals surface area contributed by atoms with Gasteiger partial charge in [0.25, 0.3) is 5.91 Å². The molecule has 5 rings (SSSR count). The number of aromatic amines is 1. The predicted molar refractivity (Wildman–Crippen MR) is 90.8 cm³/mol. The molecule has 2 aliphatic rings. The summed E-state index contributed by atoms with van der Waals surface area (Å²) in [5.74, 6) is -0.0157. The molecule has 3 heterocycles. The number of para-hydroxylation sites is 2. The van der Waals surface area contributed by atoms with Crippen LogP contribution < -0.4 is 4.90 Å². The lowest BCUT2D eigenvalue weighted by Crippen LogP contribution is -2.51. The fourth-order valence-electron chi connectivity index (χ4n) is 4.00. The smallest absolute Gasteiger partial charge is 0.257 e. The number of anilines is 1. The summed E-state index contributed by atoms with van der Waals surface area (Å²) in [6.45, 7) is 0.608. The van der Waals surface area contributed by atoms with Crippen LogP contribution in [0.3, 0.4) is 0 Å². The first kappa shape index (κ1) is 13.4. The van der Waals surface area contributed by atoms with Crippen molar-refractivity contribution >= 4 is 28.9 Å². The van der Waals surface area contributed by atoms with Crippen molar-refractivity contribution in [2.45, 2.75) is 12.6 Å². The number of aromatic nitrogens is 1. The Morgan fingerprint density at radius 1 is 1.08 bits per heavy atom. The number of rotatable bonds is 1. The maximum absolute atomic E-state index is 12.9. The second-order valence-corrected chi connectivity index (χ2v) is 6.21. The Hall–Kier alpha value is -3.08. The number of hydrogen-bond donors (Lipinski definition) is 1. The minimum atomic E-state index is -0.402. The minimum absolute atomic E-state index is 0.0157. The van der Waals surface area contributed by atoms with E-state index < -0.39 is 6.17 Å². The van der Waals surface area contributed by atoms with E-state index in [1.54, 1.807) is 15.9 Å². The summed E-state index contributed by atoms with van der Waals surface area (Å²) in [6, 6.07) is 15.4. The molecule has 5 heteroatoms. The number of hydrogen-bond acceptors (Lipinski definition) is 2. The summed E-state index contributed by atoms with van der Waals surface area (Å²) < 4.78 is 0. The molecular formula is C19H15N3O2. The number of benzene rings is 2. The molecule has 0 saturated carbocycles. The molecule has 0 radical (unpaired) electrons. The number of carbonyl (C=O) groups is 2. The molecule has 0 bridgehead atoms.